The fourth-order valence-corrected chi connectivity index (χ4v) is 3.60. The summed E-state index contributed by atoms with van der Waals surface area (Å²) in [7, 11) is 1.90. The molecule has 0 bridgehead atoms. The first-order valence-electron chi connectivity index (χ1n) is 8.95. The quantitative estimate of drug-likeness (QED) is 0.881. The number of halogens is 1. The molecule has 1 aromatic carbocycles. The van der Waals surface area contributed by atoms with Gasteiger partial charge in [0, 0.05) is 25.2 Å². The Labute approximate surface area is 151 Å². The van der Waals surface area contributed by atoms with Gasteiger partial charge in [0.25, 0.3) is 5.91 Å². The van der Waals surface area contributed by atoms with Crippen LogP contribution in [0.15, 0.2) is 24.3 Å². The lowest BCUT2D eigenvalue weighted by Gasteiger charge is -2.24. The summed E-state index contributed by atoms with van der Waals surface area (Å²) in [5.74, 6) is 1.67. The number of nitrogens with one attached hydrogen (secondary N) is 1. The van der Waals surface area contributed by atoms with Gasteiger partial charge in [-0.25, -0.2) is 0 Å². The molecule has 1 aliphatic carbocycles. The van der Waals surface area contributed by atoms with Crippen molar-refractivity contribution in [2.24, 2.45) is 5.92 Å². The molecular weight excluding hydrogens is 324 g/mol. The molecule has 2 fully saturated rings. The molecule has 1 heterocycles. The average molecular weight is 353 g/mol. The van der Waals surface area contributed by atoms with E-state index in [1.165, 1.54) is 32.1 Å². The molecule has 2 aliphatic rings. The third-order valence-corrected chi connectivity index (χ3v) is 5.21. The zero-order valence-electron chi connectivity index (χ0n) is 14.5. The second kappa shape index (κ2) is 9.28. The summed E-state index contributed by atoms with van der Waals surface area (Å²) < 4.78 is 5.91. The number of hydrogen-bond acceptors (Lipinski definition) is 3. The lowest BCUT2D eigenvalue weighted by atomic mass is 9.90. The normalized spacial score (nSPS) is 21.1. The van der Waals surface area contributed by atoms with Crippen molar-refractivity contribution in [2.75, 3.05) is 26.7 Å². The zero-order chi connectivity index (χ0) is 16.1. The molecule has 5 heteroatoms. The van der Waals surface area contributed by atoms with Gasteiger partial charge in [0.1, 0.15) is 5.75 Å². The smallest absolute Gasteiger partial charge is 0.253 e. The maximum Gasteiger partial charge on any atom is 0.253 e. The van der Waals surface area contributed by atoms with Gasteiger partial charge < -0.3 is 15.0 Å². The van der Waals surface area contributed by atoms with Crippen molar-refractivity contribution in [3.63, 3.8) is 0 Å². The molecule has 134 valence electrons. The minimum Gasteiger partial charge on any atom is -0.493 e. The Morgan fingerprint density at radius 3 is 2.50 bits per heavy atom. The van der Waals surface area contributed by atoms with E-state index in [1.807, 2.05) is 36.2 Å². The molecule has 1 aromatic rings. The van der Waals surface area contributed by atoms with Crippen LogP contribution in [0.4, 0.5) is 0 Å². The molecule has 4 nitrogen and oxygen atoms in total. The van der Waals surface area contributed by atoms with E-state index < -0.39 is 0 Å². The predicted octanol–water partition coefficient (Wildman–Crippen LogP) is 3.50. The Bertz CT molecular complexity index is 509. The largest absolute Gasteiger partial charge is 0.493 e. The Kier molecular flexibility index (Phi) is 7.38. The van der Waals surface area contributed by atoms with Crippen LogP contribution in [0, 0.1) is 5.92 Å². The highest BCUT2D eigenvalue weighted by molar-refractivity contribution is 5.94. The first kappa shape index (κ1) is 19.1. The predicted molar refractivity (Wildman–Crippen MR) is 99.1 cm³/mol. The molecule has 3 rings (SSSR count). The number of likely N-dealkylation sites (N-methyl/N-ethyl adjacent to an activating group) is 1. The molecule has 1 saturated carbocycles. The number of rotatable bonds is 5. The Morgan fingerprint density at radius 2 is 1.88 bits per heavy atom. The topological polar surface area (TPSA) is 41.6 Å². The van der Waals surface area contributed by atoms with E-state index in [0.717, 1.165) is 37.4 Å². The van der Waals surface area contributed by atoms with Gasteiger partial charge in [-0.3, -0.25) is 4.79 Å². The van der Waals surface area contributed by atoms with Gasteiger partial charge in [-0.05, 0) is 56.0 Å². The number of nitrogens with zero attached hydrogens (tertiary/aromatic N) is 1. The van der Waals surface area contributed by atoms with E-state index >= 15 is 0 Å². The van der Waals surface area contributed by atoms with E-state index in [0.29, 0.717) is 12.0 Å². The summed E-state index contributed by atoms with van der Waals surface area (Å²) in [6.45, 7) is 2.70. The number of benzene rings is 1. The number of ether oxygens (including phenoxy) is 1. The van der Waals surface area contributed by atoms with Crippen LogP contribution >= 0.6 is 12.4 Å². The summed E-state index contributed by atoms with van der Waals surface area (Å²) in [6, 6.07) is 7.94. The maximum atomic E-state index is 12.5. The van der Waals surface area contributed by atoms with Crippen LogP contribution in [0.25, 0.3) is 0 Å². The SMILES string of the molecule is CN(C(=O)c1ccc(OCC2CCCCC2)cc1)C1CCNC1.Cl. The highest BCUT2D eigenvalue weighted by Crippen LogP contribution is 2.25. The minimum absolute atomic E-state index is 0. The van der Waals surface area contributed by atoms with E-state index in [1.54, 1.807) is 0 Å². The molecule has 1 saturated heterocycles. The van der Waals surface area contributed by atoms with E-state index in [4.69, 9.17) is 4.74 Å². The highest BCUT2D eigenvalue weighted by Gasteiger charge is 2.24. The van der Waals surface area contributed by atoms with E-state index in [-0.39, 0.29) is 18.3 Å². The van der Waals surface area contributed by atoms with Crippen molar-refractivity contribution >= 4 is 18.3 Å². The second-order valence-corrected chi connectivity index (χ2v) is 6.90. The van der Waals surface area contributed by atoms with Crippen LogP contribution in [0.2, 0.25) is 0 Å². The first-order valence-corrected chi connectivity index (χ1v) is 8.95. The Hall–Kier alpha value is -1.26. The molecular formula is C19H29ClN2O2. The summed E-state index contributed by atoms with van der Waals surface area (Å²) in [6.07, 6.45) is 7.66. The third kappa shape index (κ3) is 4.87. The molecule has 0 aromatic heterocycles. The molecule has 1 N–H and O–H groups in total. The van der Waals surface area contributed by atoms with Crippen LogP contribution in [0.5, 0.6) is 5.75 Å². The number of carbonyl (C=O) groups excluding carboxylic acids is 1. The fourth-order valence-electron chi connectivity index (χ4n) is 3.60. The van der Waals surface area contributed by atoms with Crippen LogP contribution in [-0.2, 0) is 0 Å². The van der Waals surface area contributed by atoms with Crippen molar-refractivity contribution < 1.29 is 9.53 Å². The average Bonchev–Trinajstić information content (AvgIpc) is 3.15. The number of hydrogen-bond donors (Lipinski definition) is 1. The zero-order valence-corrected chi connectivity index (χ0v) is 15.3. The molecule has 1 amide bonds. The van der Waals surface area contributed by atoms with Crippen molar-refractivity contribution in [3.8, 4) is 5.75 Å². The summed E-state index contributed by atoms with van der Waals surface area (Å²) in [4.78, 5) is 14.4. The van der Waals surface area contributed by atoms with E-state index in [2.05, 4.69) is 5.32 Å². The number of carbonyl (C=O) groups is 1. The lowest BCUT2D eigenvalue weighted by molar-refractivity contribution is 0.0743. The fraction of sp³-hybridized carbons (Fsp3) is 0.632. The van der Waals surface area contributed by atoms with Gasteiger partial charge in [0.05, 0.1) is 6.61 Å². The summed E-state index contributed by atoms with van der Waals surface area (Å²) in [5, 5.41) is 3.30. The van der Waals surface area contributed by atoms with Crippen LogP contribution in [0.3, 0.4) is 0 Å². The Morgan fingerprint density at radius 1 is 1.17 bits per heavy atom. The van der Waals surface area contributed by atoms with Crippen LogP contribution in [-0.4, -0.2) is 43.6 Å². The molecule has 1 atom stereocenters. The van der Waals surface area contributed by atoms with E-state index in [9.17, 15) is 4.79 Å². The van der Waals surface area contributed by atoms with Crippen molar-refractivity contribution in [1.82, 2.24) is 10.2 Å². The first-order chi connectivity index (χ1) is 11.2. The third-order valence-electron chi connectivity index (χ3n) is 5.21. The maximum absolute atomic E-state index is 12.5. The molecule has 0 radical (unpaired) electrons. The monoisotopic (exact) mass is 352 g/mol. The van der Waals surface area contributed by atoms with Gasteiger partial charge in [-0.2, -0.15) is 0 Å². The van der Waals surface area contributed by atoms with Gasteiger partial charge in [0.15, 0.2) is 0 Å². The van der Waals surface area contributed by atoms with Gasteiger partial charge >= 0.3 is 0 Å². The van der Waals surface area contributed by atoms with Gasteiger partial charge in [-0.15, -0.1) is 12.4 Å². The molecule has 0 spiro atoms. The lowest BCUT2D eigenvalue weighted by Crippen LogP contribution is -2.38. The van der Waals surface area contributed by atoms with Gasteiger partial charge in [-0.1, -0.05) is 19.3 Å². The number of amides is 1. The second-order valence-electron chi connectivity index (χ2n) is 6.90. The highest BCUT2D eigenvalue weighted by atomic mass is 35.5. The molecule has 1 unspecified atom stereocenters. The van der Waals surface area contributed by atoms with Crippen molar-refractivity contribution in [1.29, 1.82) is 0 Å². The Balaban J connectivity index is 0.00000208. The van der Waals surface area contributed by atoms with Crippen molar-refractivity contribution in [2.45, 2.75) is 44.6 Å². The standard InChI is InChI=1S/C19H28N2O2.ClH/c1-21(17-11-12-20-13-17)19(22)16-7-9-18(10-8-16)23-14-15-5-3-2-4-6-15;/h7-10,15,17,20H,2-6,11-14H2,1H3;1H. The van der Waals surface area contributed by atoms with Crippen molar-refractivity contribution in [3.05, 3.63) is 29.8 Å². The molecule has 1 aliphatic heterocycles. The molecule has 24 heavy (non-hydrogen) atoms. The van der Waals surface area contributed by atoms with Crippen LogP contribution < -0.4 is 10.1 Å². The summed E-state index contributed by atoms with van der Waals surface area (Å²) >= 11 is 0. The van der Waals surface area contributed by atoms with Gasteiger partial charge in [0.2, 0.25) is 0 Å². The summed E-state index contributed by atoms with van der Waals surface area (Å²) in [5.41, 5.74) is 0.740. The van der Waals surface area contributed by atoms with Crippen LogP contribution in [0.1, 0.15) is 48.9 Å². The minimum atomic E-state index is 0.